The van der Waals surface area contributed by atoms with E-state index in [4.69, 9.17) is 0 Å². The summed E-state index contributed by atoms with van der Waals surface area (Å²) in [4.78, 5) is 5.07. The molecule has 2 aliphatic rings. The summed E-state index contributed by atoms with van der Waals surface area (Å²) in [7, 11) is 2.22. The van der Waals surface area contributed by atoms with Gasteiger partial charge in [-0.05, 0) is 25.8 Å². The van der Waals surface area contributed by atoms with E-state index in [0.29, 0.717) is 0 Å². The van der Waals surface area contributed by atoms with Gasteiger partial charge in [0.15, 0.2) is 0 Å². The molecule has 0 amide bonds. The number of likely N-dealkylation sites (N-methyl/N-ethyl adjacent to an activating group) is 1. The number of nitrogens with zero attached hydrogens (tertiary/aromatic N) is 2. The van der Waals surface area contributed by atoms with Gasteiger partial charge < -0.3 is 9.80 Å². The Morgan fingerprint density at radius 2 is 1.57 bits per heavy atom. The van der Waals surface area contributed by atoms with Gasteiger partial charge >= 0.3 is 0 Å². The van der Waals surface area contributed by atoms with E-state index in [9.17, 15) is 0 Å². The summed E-state index contributed by atoms with van der Waals surface area (Å²) in [5, 5.41) is 0. The molecule has 0 N–H and O–H groups in total. The van der Waals surface area contributed by atoms with Crippen LogP contribution in [-0.4, -0.2) is 49.6 Å². The van der Waals surface area contributed by atoms with Crippen molar-refractivity contribution in [3.8, 4) is 0 Å². The molecule has 84 valence electrons. The van der Waals surface area contributed by atoms with Crippen molar-refractivity contribution in [2.45, 2.75) is 33.1 Å². The van der Waals surface area contributed by atoms with E-state index in [1.54, 1.807) is 0 Å². The van der Waals surface area contributed by atoms with Crippen molar-refractivity contribution >= 4 is 0 Å². The molecule has 0 unspecified atom stereocenters. The summed E-state index contributed by atoms with van der Waals surface area (Å²) in [6.45, 7) is 10.5. The van der Waals surface area contributed by atoms with Crippen LogP contribution in [0.25, 0.3) is 0 Å². The first kappa shape index (κ1) is 12.0. The van der Waals surface area contributed by atoms with Gasteiger partial charge in [0, 0.05) is 32.7 Å². The Labute approximate surface area is 89.3 Å². The Hall–Kier alpha value is -0.0800. The van der Waals surface area contributed by atoms with E-state index in [1.807, 2.05) is 13.8 Å². The fraction of sp³-hybridized carbons (Fsp3) is 1.00. The first-order chi connectivity index (χ1) is 6.84. The molecule has 1 saturated carbocycles. The van der Waals surface area contributed by atoms with Crippen molar-refractivity contribution in [3.63, 3.8) is 0 Å². The zero-order valence-corrected chi connectivity index (χ0v) is 10.1. The SMILES string of the molecule is CC.CN1CCN(CC2CCC2)CC1. The zero-order chi connectivity index (χ0) is 10.4. The summed E-state index contributed by atoms with van der Waals surface area (Å²) in [6.07, 6.45) is 4.47. The van der Waals surface area contributed by atoms with Crippen LogP contribution in [-0.2, 0) is 0 Å². The largest absolute Gasteiger partial charge is 0.304 e. The van der Waals surface area contributed by atoms with Crippen LogP contribution >= 0.6 is 0 Å². The lowest BCUT2D eigenvalue weighted by Crippen LogP contribution is -2.46. The molecule has 0 aromatic rings. The molecule has 14 heavy (non-hydrogen) atoms. The van der Waals surface area contributed by atoms with Crippen molar-refractivity contribution < 1.29 is 0 Å². The van der Waals surface area contributed by atoms with Crippen molar-refractivity contribution in [1.82, 2.24) is 9.80 Å². The van der Waals surface area contributed by atoms with Gasteiger partial charge in [-0.1, -0.05) is 20.3 Å². The predicted octanol–water partition coefficient (Wildman–Crippen LogP) is 2.06. The molecule has 0 atom stereocenters. The average molecular weight is 198 g/mol. The lowest BCUT2D eigenvalue weighted by molar-refractivity contribution is 0.114. The van der Waals surface area contributed by atoms with E-state index < -0.39 is 0 Å². The Morgan fingerprint density at radius 3 is 2.00 bits per heavy atom. The van der Waals surface area contributed by atoms with E-state index in [-0.39, 0.29) is 0 Å². The second-order valence-corrected chi connectivity index (χ2v) is 4.40. The monoisotopic (exact) mass is 198 g/mol. The summed E-state index contributed by atoms with van der Waals surface area (Å²) >= 11 is 0. The highest BCUT2D eigenvalue weighted by Crippen LogP contribution is 2.27. The third kappa shape index (κ3) is 3.58. The molecule has 2 nitrogen and oxygen atoms in total. The first-order valence-electron chi connectivity index (χ1n) is 6.25. The fourth-order valence-corrected chi connectivity index (χ4v) is 2.07. The molecule has 1 aliphatic carbocycles. The van der Waals surface area contributed by atoms with Gasteiger partial charge in [0.1, 0.15) is 0 Å². The molecule has 0 spiro atoms. The molecule has 1 aliphatic heterocycles. The molecule has 0 radical (unpaired) electrons. The van der Waals surface area contributed by atoms with E-state index in [0.717, 1.165) is 5.92 Å². The van der Waals surface area contributed by atoms with E-state index in [1.165, 1.54) is 52.0 Å². The van der Waals surface area contributed by atoms with Gasteiger partial charge in [0.2, 0.25) is 0 Å². The maximum atomic E-state index is 2.64. The second-order valence-electron chi connectivity index (χ2n) is 4.40. The van der Waals surface area contributed by atoms with Crippen LogP contribution in [0, 0.1) is 5.92 Å². The maximum Gasteiger partial charge on any atom is 0.0110 e. The molecule has 2 rings (SSSR count). The third-order valence-corrected chi connectivity index (χ3v) is 3.34. The molecule has 1 saturated heterocycles. The Bertz CT molecular complexity index is 135. The molecular weight excluding hydrogens is 172 g/mol. The highest BCUT2D eigenvalue weighted by atomic mass is 15.2. The summed E-state index contributed by atoms with van der Waals surface area (Å²) < 4.78 is 0. The van der Waals surface area contributed by atoms with Crippen molar-refractivity contribution in [2.24, 2.45) is 5.92 Å². The number of piperazine rings is 1. The summed E-state index contributed by atoms with van der Waals surface area (Å²) in [6, 6.07) is 0. The number of rotatable bonds is 2. The van der Waals surface area contributed by atoms with Gasteiger partial charge in [-0.2, -0.15) is 0 Å². The molecule has 2 heteroatoms. The molecule has 0 bridgehead atoms. The van der Waals surface area contributed by atoms with Crippen LogP contribution < -0.4 is 0 Å². The van der Waals surface area contributed by atoms with Crippen LogP contribution in [0.3, 0.4) is 0 Å². The lowest BCUT2D eigenvalue weighted by atomic mass is 9.85. The van der Waals surface area contributed by atoms with Crippen molar-refractivity contribution in [3.05, 3.63) is 0 Å². The topological polar surface area (TPSA) is 6.48 Å². The number of hydrogen-bond acceptors (Lipinski definition) is 2. The van der Waals surface area contributed by atoms with Crippen LogP contribution in [0.5, 0.6) is 0 Å². The smallest absolute Gasteiger partial charge is 0.0110 e. The van der Waals surface area contributed by atoms with Crippen LogP contribution in [0.1, 0.15) is 33.1 Å². The van der Waals surface area contributed by atoms with Crippen molar-refractivity contribution in [2.75, 3.05) is 39.8 Å². The third-order valence-electron chi connectivity index (χ3n) is 3.34. The van der Waals surface area contributed by atoms with Gasteiger partial charge in [-0.25, -0.2) is 0 Å². The standard InChI is InChI=1S/C10H20N2.C2H6/c1-11-5-7-12(8-6-11)9-10-3-2-4-10;1-2/h10H,2-9H2,1H3;1-2H3. The summed E-state index contributed by atoms with van der Waals surface area (Å²) in [5.41, 5.74) is 0. The number of hydrogen-bond donors (Lipinski definition) is 0. The highest BCUT2D eigenvalue weighted by molar-refractivity contribution is 4.76. The van der Waals surface area contributed by atoms with Gasteiger partial charge in [0.25, 0.3) is 0 Å². The maximum absolute atomic E-state index is 2.64. The molecule has 2 fully saturated rings. The van der Waals surface area contributed by atoms with Crippen LogP contribution in [0.2, 0.25) is 0 Å². The minimum Gasteiger partial charge on any atom is -0.304 e. The molecule has 0 aromatic carbocycles. The Balaban J connectivity index is 0.000000461. The molecular formula is C12H26N2. The van der Waals surface area contributed by atoms with Gasteiger partial charge in [-0.15, -0.1) is 0 Å². The fourth-order valence-electron chi connectivity index (χ4n) is 2.07. The van der Waals surface area contributed by atoms with Crippen molar-refractivity contribution in [1.29, 1.82) is 0 Å². The minimum absolute atomic E-state index is 1.05. The minimum atomic E-state index is 1.05. The van der Waals surface area contributed by atoms with E-state index >= 15 is 0 Å². The second kappa shape index (κ2) is 6.41. The first-order valence-corrected chi connectivity index (χ1v) is 6.25. The van der Waals surface area contributed by atoms with Crippen LogP contribution in [0.4, 0.5) is 0 Å². The summed E-state index contributed by atoms with van der Waals surface area (Å²) in [5.74, 6) is 1.05. The zero-order valence-electron chi connectivity index (χ0n) is 10.1. The quantitative estimate of drug-likeness (QED) is 0.670. The lowest BCUT2D eigenvalue weighted by Gasteiger charge is -2.37. The molecule has 0 aromatic heterocycles. The molecule has 1 heterocycles. The average Bonchev–Trinajstić information content (AvgIpc) is 2.17. The van der Waals surface area contributed by atoms with Gasteiger partial charge in [-0.3, -0.25) is 0 Å². The normalized spacial score (nSPS) is 25.1. The highest BCUT2D eigenvalue weighted by Gasteiger charge is 2.22. The van der Waals surface area contributed by atoms with Gasteiger partial charge in [0.05, 0.1) is 0 Å². The predicted molar refractivity (Wildman–Crippen MR) is 62.6 cm³/mol. The van der Waals surface area contributed by atoms with Crippen LogP contribution in [0.15, 0.2) is 0 Å². The Morgan fingerprint density at radius 1 is 1.00 bits per heavy atom. The Kier molecular flexibility index (Phi) is 5.49. The van der Waals surface area contributed by atoms with E-state index in [2.05, 4.69) is 16.8 Å².